The number of aromatic nitrogens is 5. The molecule has 0 bridgehead atoms. The molecule has 0 aromatic carbocycles. The number of nitrogens with zero attached hydrogens (tertiary/aromatic N) is 5. The van der Waals surface area contributed by atoms with Gasteiger partial charge in [0.25, 0.3) is 0 Å². The predicted octanol–water partition coefficient (Wildman–Crippen LogP) is 5.55. The van der Waals surface area contributed by atoms with E-state index in [0.717, 1.165) is 11.4 Å². The molecule has 0 atom stereocenters. The second-order valence-corrected chi connectivity index (χ2v) is 7.70. The Kier molecular flexibility index (Phi) is 9.59. The summed E-state index contributed by atoms with van der Waals surface area (Å²) < 4.78 is 152. The van der Waals surface area contributed by atoms with Crippen LogP contribution in [0.3, 0.4) is 0 Å². The van der Waals surface area contributed by atoms with Crippen molar-refractivity contribution in [3.63, 3.8) is 0 Å². The fourth-order valence-electron chi connectivity index (χ4n) is 3.27. The number of rotatable bonds is 2. The smallest absolute Gasteiger partial charge is 0.418 e. The number of halogens is 12. The Balaban J connectivity index is 0.000000577. The quantitative estimate of drug-likeness (QED) is 0.285. The molecule has 0 aliphatic carbocycles. The van der Waals surface area contributed by atoms with Crippen molar-refractivity contribution in [3.05, 3.63) is 64.0 Å². The summed E-state index contributed by atoms with van der Waals surface area (Å²) in [6, 6.07) is 3.25. The van der Waals surface area contributed by atoms with E-state index in [-0.39, 0.29) is 17.1 Å². The van der Waals surface area contributed by atoms with Crippen LogP contribution in [0.4, 0.5) is 52.7 Å². The van der Waals surface area contributed by atoms with Crippen LogP contribution in [0.25, 0.3) is 0 Å². The Labute approximate surface area is 211 Å². The Morgan fingerprint density at radius 3 is 1.14 bits per heavy atom. The molecule has 0 radical (unpaired) electrons. The van der Waals surface area contributed by atoms with E-state index in [2.05, 4.69) is 34.2 Å². The summed E-state index contributed by atoms with van der Waals surface area (Å²) in [5, 5.41) is 5.11. The van der Waals surface area contributed by atoms with Gasteiger partial charge in [-0.2, -0.15) is 52.7 Å². The summed E-state index contributed by atoms with van der Waals surface area (Å²) in [4.78, 5) is 4.23. The van der Waals surface area contributed by atoms with E-state index in [1.807, 2.05) is 13.8 Å². The molecule has 0 aliphatic heterocycles. The molecule has 3 rings (SSSR count). The first kappa shape index (κ1) is 32.3. The van der Waals surface area contributed by atoms with Crippen molar-refractivity contribution in [2.75, 3.05) is 0 Å². The van der Waals surface area contributed by atoms with Gasteiger partial charge in [-0.15, -0.1) is 0 Å². The summed E-state index contributed by atoms with van der Waals surface area (Å²) in [6.07, 6.45) is -21.6. The Hall–Kier alpha value is -2.69. The van der Waals surface area contributed by atoms with Crippen molar-refractivity contribution in [2.45, 2.75) is 45.5 Å². The van der Waals surface area contributed by atoms with Crippen LogP contribution in [0.15, 0.2) is 24.3 Å². The van der Waals surface area contributed by atoms with Crippen molar-refractivity contribution in [1.29, 1.82) is 0 Å². The molecule has 0 amide bonds. The third-order valence-electron chi connectivity index (χ3n) is 4.53. The fraction of sp³-hybridized carbons (Fsp3) is 0.389. The summed E-state index contributed by atoms with van der Waals surface area (Å²) in [6.45, 7) is 6.11. The van der Waals surface area contributed by atoms with E-state index in [1.165, 1.54) is 5.56 Å². The van der Waals surface area contributed by atoms with E-state index < -0.39 is 76.3 Å². The first-order valence-electron chi connectivity index (χ1n) is 9.71. The zero-order chi connectivity index (χ0) is 27.9. The van der Waals surface area contributed by atoms with Crippen LogP contribution in [0, 0.1) is 20.8 Å². The number of alkyl halides is 12. The normalized spacial score (nSPS) is 12.6. The second-order valence-electron chi connectivity index (χ2n) is 7.70. The van der Waals surface area contributed by atoms with Crippen LogP contribution in [0.5, 0.6) is 0 Å². The molecular weight excluding hydrogens is 589 g/mol. The van der Waals surface area contributed by atoms with Crippen LogP contribution in [0.2, 0.25) is 0 Å². The zero-order valence-corrected chi connectivity index (χ0v) is 19.8. The van der Waals surface area contributed by atoms with Gasteiger partial charge < -0.3 is 9.19 Å². The van der Waals surface area contributed by atoms with Crippen molar-refractivity contribution >= 4 is 7.55 Å². The molecule has 19 heteroatoms. The van der Waals surface area contributed by atoms with Crippen molar-refractivity contribution in [3.8, 4) is 0 Å². The molecule has 3 heterocycles. The first-order chi connectivity index (χ1) is 16.1. The molecular formula is C18H15BCuF12N5. The molecule has 0 unspecified atom stereocenters. The largest absolute Gasteiger partial charge is 1.00 e. The Morgan fingerprint density at radius 1 is 0.568 bits per heavy atom. The molecule has 0 saturated carbocycles. The molecule has 0 spiro atoms. The number of hydrogen-bond acceptors (Lipinski definition) is 3. The molecule has 0 N–H and O–H groups in total. The summed E-state index contributed by atoms with van der Waals surface area (Å²) >= 11 is 0. The van der Waals surface area contributed by atoms with Crippen molar-refractivity contribution < 1.29 is 69.8 Å². The molecule has 210 valence electrons. The first-order valence-corrected chi connectivity index (χ1v) is 9.71. The van der Waals surface area contributed by atoms with Gasteiger partial charge >= 0.3 is 41.8 Å². The number of pyridine rings is 1. The van der Waals surface area contributed by atoms with Crippen molar-refractivity contribution in [2.24, 2.45) is 0 Å². The van der Waals surface area contributed by atoms with Crippen LogP contribution >= 0.6 is 0 Å². The maximum absolute atomic E-state index is 12.8. The van der Waals surface area contributed by atoms with Gasteiger partial charge in [-0.25, -0.2) is 10.2 Å². The average molecular weight is 604 g/mol. The minimum Gasteiger partial charge on any atom is -0.418 e. The van der Waals surface area contributed by atoms with E-state index in [0.29, 0.717) is 0 Å². The minimum absolute atomic E-state index is 0. The Morgan fingerprint density at radius 2 is 0.892 bits per heavy atom. The molecule has 0 aliphatic rings. The van der Waals surface area contributed by atoms with Crippen LogP contribution < -0.4 is 0 Å². The second kappa shape index (κ2) is 11.0. The average Bonchev–Trinajstić information content (AvgIpc) is 3.24. The van der Waals surface area contributed by atoms with Gasteiger partial charge in [0.15, 0.2) is 18.9 Å². The van der Waals surface area contributed by atoms with Gasteiger partial charge in [-0.05, 0) is 50.6 Å². The minimum atomic E-state index is -5.45. The fourth-order valence-corrected chi connectivity index (χ4v) is 3.27. The van der Waals surface area contributed by atoms with Gasteiger partial charge in [0.2, 0.25) is 0 Å². The Bertz CT molecular complexity index is 1090. The third-order valence-corrected chi connectivity index (χ3v) is 4.53. The van der Waals surface area contributed by atoms with Gasteiger partial charge in [0.1, 0.15) is 11.4 Å². The van der Waals surface area contributed by atoms with Gasteiger partial charge in [0, 0.05) is 11.4 Å². The SMILES string of the molecule is Cc1cc(C)nc(C)c1.FC(F)(F)c1cc(C(F)(F)F)n([BH2-]n2nc(C(F)(F)F)cc2C(F)(F)F)n1.[Cu+]. The van der Waals surface area contributed by atoms with E-state index in [1.54, 1.807) is 0 Å². The molecule has 3 aromatic heterocycles. The van der Waals surface area contributed by atoms with Crippen LogP contribution in [0.1, 0.15) is 39.7 Å². The maximum atomic E-state index is 12.8. The monoisotopic (exact) mass is 603 g/mol. The van der Waals surface area contributed by atoms with Gasteiger partial charge in [-0.1, -0.05) is 0 Å². The maximum Gasteiger partial charge on any atom is 1.00 e. The molecule has 5 nitrogen and oxygen atoms in total. The molecule has 3 aromatic rings. The van der Waals surface area contributed by atoms with E-state index in [4.69, 9.17) is 0 Å². The van der Waals surface area contributed by atoms with Crippen molar-refractivity contribution in [1.82, 2.24) is 24.4 Å². The summed E-state index contributed by atoms with van der Waals surface area (Å²) in [7, 11) is -3.20. The summed E-state index contributed by atoms with van der Waals surface area (Å²) in [5.74, 6) is 0. The number of aryl methyl sites for hydroxylation is 3. The molecule has 0 saturated heterocycles. The van der Waals surface area contributed by atoms with E-state index in [9.17, 15) is 52.7 Å². The van der Waals surface area contributed by atoms with Gasteiger partial charge in [-0.3, -0.25) is 4.98 Å². The third kappa shape index (κ3) is 8.69. The van der Waals surface area contributed by atoms with Gasteiger partial charge in [0.05, 0.1) is 0 Å². The molecule has 0 fully saturated rings. The topological polar surface area (TPSA) is 48.5 Å². The van der Waals surface area contributed by atoms with Crippen LogP contribution in [-0.2, 0) is 41.8 Å². The van der Waals surface area contributed by atoms with E-state index >= 15 is 0 Å². The van der Waals surface area contributed by atoms with Crippen LogP contribution in [-0.4, -0.2) is 31.9 Å². The molecule has 37 heavy (non-hydrogen) atoms. The summed E-state index contributed by atoms with van der Waals surface area (Å²) in [5.41, 5.74) is -4.75. The standard InChI is InChI=1S/C10H4BF12N4.C8H11N.Cu/c12-7(13,14)3-1-5(9(18,19)20)26(24-3)11-27-6(10(21,22)23)2-4(25-27)8(15,16)17;1-6-4-7(2)9-8(3)5-6;/h1-2H,11H2;4-5H,1-3H3;/q-1;;+1. The predicted molar refractivity (Wildman–Crippen MR) is 102 cm³/mol. The number of hydrogen-bond donors (Lipinski definition) is 0. The zero-order valence-electron chi connectivity index (χ0n) is 18.9.